The van der Waals surface area contributed by atoms with Crippen molar-refractivity contribution in [3.05, 3.63) is 0 Å². The van der Waals surface area contributed by atoms with Gasteiger partial charge in [-0.3, -0.25) is 0 Å². The summed E-state index contributed by atoms with van der Waals surface area (Å²) in [6, 6.07) is 0. The molecule has 2 aliphatic carbocycles. The van der Waals surface area contributed by atoms with Crippen molar-refractivity contribution in [1.29, 1.82) is 0 Å². The SMILES string of the molecule is CN(C)B(C1CCCCC1)C1CCCCC1. The Bertz CT molecular complexity index is 175. The van der Waals surface area contributed by atoms with Crippen LogP contribution in [-0.2, 0) is 0 Å². The lowest BCUT2D eigenvalue weighted by atomic mass is 9.37. The van der Waals surface area contributed by atoms with Gasteiger partial charge in [0.2, 0.25) is 6.85 Å². The van der Waals surface area contributed by atoms with Gasteiger partial charge in [-0.05, 0) is 25.7 Å². The van der Waals surface area contributed by atoms with Gasteiger partial charge < -0.3 is 4.81 Å². The van der Waals surface area contributed by atoms with Crippen LogP contribution in [0.1, 0.15) is 64.2 Å². The average Bonchev–Trinajstić information content (AvgIpc) is 2.31. The first-order valence-corrected chi connectivity index (χ1v) is 7.45. The molecule has 2 aliphatic rings. The van der Waals surface area contributed by atoms with E-state index in [1.165, 1.54) is 64.2 Å². The van der Waals surface area contributed by atoms with Crippen LogP contribution in [0.25, 0.3) is 0 Å². The van der Waals surface area contributed by atoms with E-state index in [1.54, 1.807) is 0 Å². The van der Waals surface area contributed by atoms with Gasteiger partial charge in [0.1, 0.15) is 0 Å². The molecule has 0 bridgehead atoms. The summed E-state index contributed by atoms with van der Waals surface area (Å²) in [5, 5.41) is 0. The lowest BCUT2D eigenvalue weighted by Gasteiger charge is -2.38. The van der Waals surface area contributed by atoms with Crippen LogP contribution in [0.2, 0.25) is 11.6 Å². The maximum atomic E-state index is 2.55. The van der Waals surface area contributed by atoms with Crippen molar-refractivity contribution < 1.29 is 0 Å². The fourth-order valence-electron chi connectivity index (χ4n) is 4.18. The van der Waals surface area contributed by atoms with Crippen LogP contribution in [0.5, 0.6) is 0 Å². The third-order valence-corrected chi connectivity index (χ3v) is 4.86. The highest BCUT2D eigenvalue weighted by Gasteiger charge is 2.36. The summed E-state index contributed by atoms with van der Waals surface area (Å²) in [6.07, 6.45) is 14.9. The van der Waals surface area contributed by atoms with Crippen molar-refractivity contribution in [2.45, 2.75) is 75.8 Å². The first-order chi connectivity index (χ1) is 7.79. The summed E-state index contributed by atoms with van der Waals surface area (Å²) < 4.78 is 0. The Labute approximate surface area is 102 Å². The predicted molar refractivity (Wildman–Crippen MR) is 73.1 cm³/mol. The van der Waals surface area contributed by atoms with Crippen molar-refractivity contribution in [1.82, 2.24) is 4.81 Å². The second kappa shape index (κ2) is 6.09. The topological polar surface area (TPSA) is 3.24 Å². The Kier molecular flexibility index (Phi) is 4.75. The fraction of sp³-hybridized carbons (Fsp3) is 1.00. The number of hydrogen-bond donors (Lipinski definition) is 0. The molecular formula is C14H28BN. The lowest BCUT2D eigenvalue weighted by molar-refractivity contribution is 0.428. The zero-order valence-corrected chi connectivity index (χ0v) is 11.3. The molecule has 0 aromatic rings. The standard InChI is InChI=1S/C14H28BN/c1-16(2)15(13-9-5-3-6-10-13)14-11-7-4-8-12-14/h13-14H,3-12H2,1-2H3. The highest BCUT2D eigenvalue weighted by Crippen LogP contribution is 2.41. The van der Waals surface area contributed by atoms with E-state index >= 15 is 0 Å². The molecule has 1 nitrogen and oxygen atoms in total. The molecule has 2 heteroatoms. The summed E-state index contributed by atoms with van der Waals surface area (Å²) >= 11 is 0. The molecule has 2 saturated carbocycles. The minimum absolute atomic E-state index is 0.889. The van der Waals surface area contributed by atoms with E-state index in [1.807, 2.05) is 0 Å². The van der Waals surface area contributed by atoms with Crippen LogP contribution in [-0.4, -0.2) is 25.8 Å². The van der Waals surface area contributed by atoms with E-state index in [2.05, 4.69) is 18.9 Å². The van der Waals surface area contributed by atoms with Gasteiger partial charge in [0.25, 0.3) is 0 Å². The van der Waals surface area contributed by atoms with E-state index in [0.717, 1.165) is 18.5 Å². The predicted octanol–water partition coefficient (Wildman–Crippen LogP) is 4.21. The summed E-state index contributed by atoms with van der Waals surface area (Å²) in [6.45, 7) is 0.889. The third-order valence-electron chi connectivity index (χ3n) is 4.86. The quantitative estimate of drug-likeness (QED) is 0.645. The first-order valence-electron chi connectivity index (χ1n) is 7.45. The summed E-state index contributed by atoms with van der Waals surface area (Å²) in [5.74, 6) is 2.01. The molecule has 0 atom stereocenters. The number of hydrogen-bond acceptors (Lipinski definition) is 1. The van der Waals surface area contributed by atoms with Gasteiger partial charge in [0, 0.05) is 0 Å². The van der Waals surface area contributed by atoms with Crippen molar-refractivity contribution in [3.63, 3.8) is 0 Å². The Morgan fingerprint density at radius 1 is 0.688 bits per heavy atom. The van der Waals surface area contributed by atoms with Gasteiger partial charge in [0.15, 0.2) is 0 Å². The Morgan fingerprint density at radius 2 is 1.06 bits per heavy atom. The summed E-state index contributed by atoms with van der Waals surface area (Å²) in [7, 11) is 4.63. The van der Waals surface area contributed by atoms with E-state index in [4.69, 9.17) is 0 Å². The van der Waals surface area contributed by atoms with E-state index < -0.39 is 0 Å². The molecule has 0 aliphatic heterocycles. The van der Waals surface area contributed by atoms with Crippen LogP contribution in [0.4, 0.5) is 0 Å². The molecular weight excluding hydrogens is 193 g/mol. The van der Waals surface area contributed by atoms with Gasteiger partial charge >= 0.3 is 0 Å². The van der Waals surface area contributed by atoms with Gasteiger partial charge in [-0.15, -0.1) is 0 Å². The summed E-state index contributed by atoms with van der Waals surface area (Å²) in [5.41, 5.74) is 0. The first kappa shape index (κ1) is 12.5. The third kappa shape index (κ3) is 3.03. The highest BCUT2D eigenvalue weighted by atomic mass is 15.0. The van der Waals surface area contributed by atoms with Crippen molar-refractivity contribution >= 4 is 6.85 Å². The molecule has 0 spiro atoms. The second-order valence-electron chi connectivity index (χ2n) is 6.25. The van der Waals surface area contributed by atoms with E-state index in [0.29, 0.717) is 0 Å². The smallest absolute Gasteiger partial charge is 0.229 e. The Hall–Kier alpha value is 0.0249. The van der Waals surface area contributed by atoms with Gasteiger partial charge in [-0.1, -0.05) is 64.2 Å². The van der Waals surface area contributed by atoms with Gasteiger partial charge in [0.05, 0.1) is 0 Å². The minimum atomic E-state index is 0.889. The van der Waals surface area contributed by atoms with Crippen molar-refractivity contribution in [2.24, 2.45) is 0 Å². The van der Waals surface area contributed by atoms with Crippen LogP contribution >= 0.6 is 0 Å². The molecule has 0 amide bonds. The summed E-state index contributed by atoms with van der Waals surface area (Å²) in [4.78, 5) is 2.55. The molecule has 0 radical (unpaired) electrons. The zero-order chi connectivity index (χ0) is 11.4. The lowest BCUT2D eigenvalue weighted by Crippen LogP contribution is -2.42. The van der Waals surface area contributed by atoms with Crippen molar-refractivity contribution in [3.8, 4) is 0 Å². The molecule has 0 heterocycles. The highest BCUT2D eigenvalue weighted by molar-refractivity contribution is 6.59. The zero-order valence-electron chi connectivity index (χ0n) is 11.3. The molecule has 2 rings (SSSR count). The van der Waals surface area contributed by atoms with E-state index in [-0.39, 0.29) is 0 Å². The molecule has 92 valence electrons. The van der Waals surface area contributed by atoms with Crippen LogP contribution in [0, 0.1) is 0 Å². The fourth-order valence-corrected chi connectivity index (χ4v) is 4.18. The van der Waals surface area contributed by atoms with Crippen LogP contribution in [0.3, 0.4) is 0 Å². The van der Waals surface area contributed by atoms with Crippen LogP contribution < -0.4 is 0 Å². The molecule has 0 saturated heterocycles. The molecule has 0 aromatic heterocycles. The molecule has 0 N–H and O–H groups in total. The van der Waals surface area contributed by atoms with Gasteiger partial charge in [-0.2, -0.15) is 0 Å². The molecule has 0 aromatic carbocycles. The van der Waals surface area contributed by atoms with Crippen molar-refractivity contribution in [2.75, 3.05) is 14.1 Å². The van der Waals surface area contributed by atoms with Gasteiger partial charge in [-0.25, -0.2) is 0 Å². The largest absolute Gasteiger partial charge is 0.347 e. The maximum absolute atomic E-state index is 2.55. The minimum Gasteiger partial charge on any atom is -0.347 e. The number of rotatable bonds is 3. The molecule has 0 unspecified atom stereocenters. The Balaban J connectivity index is 1.96. The normalized spacial score (nSPS) is 24.9. The Morgan fingerprint density at radius 3 is 1.38 bits per heavy atom. The maximum Gasteiger partial charge on any atom is 0.229 e. The molecule has 16 heavy (non-hydrogen) atoms. The number of nitrogens with zero attached hydrogens (tertiary/aromatic N) is 1. The second-order valence-corrected chi connectivity index (χ2v) is 6.25. The average molecular weight is 221 g/mol. The molecule has 2 fully saturated rings. The monoisotopic (exact) mass is 221 g/mol. The van der Waals surface area contributed by atoms with E-state index in [9.17, 15) is 0 Å². The van der Waals surface area contributed by atoms with Crippen LogP contribution in [0.15, 0.2) is 0 Å².